The van der Waals surface area contributed by atoms with Crippen molar-refractivity contribution in [3.8, 4) is 5.69 Å². The molecule has 1 aliphatic rings. The number of benzene rings is 2. The third-order valence-corrected chi connectivity index (χ3v) is 5.55. The molecule has 2 aromatic carbocycles. The quantitative estimate of drug-likeness (QED) is 0.567. The van der Waals surface area contributed by atoms with Gasteiger partial charge in [0.05, 0.1) is 23.1 Å². The van der Waals surface area contributed by atoms with Crippen LogP contribution in [0, 0.1) is 6.92 Å². The van der Waals surface area contributed by atoms with Crippen LogP contribution in [0.3, 0.4) is 0 Å². The number of nitrogens with zero attached hydrogens (tertiary/aromatic N) is 2. The maximum absolute atomic E-state index is 12.8. The minimum atomic E-state index is -0.185. The van der Waals surface area contributed by atoms with Crippen LogP contribution in [0.1, 0.15) is 50.7 Å². The summed E-state index contributed by atoms with van der Waals surface area (Å²) in [7, 11) is 0. The van der Waals surface area contributed by atoms with Crippen molar-refractivity contribution in [2.75, 3.05) is 13.1 Å². The Bertz CT molecular complexity index is 1070. The van der Waals surface area contributed by atoms with Crippen molar-refractivity contribution in [1.82, 2.24) is 20.4 Å². The first-order chi connectivity index (χ1) is 14.5. The number of carbonyl (C=O) groups excluding carboxylic acids is 2. The van der Waals surface area contributed by atoms with Gasteiger partial charge in [-0.2, -0.15) is 5.10 Å². The number of amides is 2. The number of aryl methyl sites for hydroxylation is 1. The highest BCUT2D eigenvalue weighted by Gasteiger charge is 2.32. The van der Waals surface area contributed by atoms with E-state index >= 15 is 0 Å². The average molecular weight is 423 g/mol. The molecule has 0 spiro atoms. The molecule has 1 saturated carbocycles. The van der Waals surface area contributed by atoms with E-state index in [9.17, 15) is 9.59 Å². The second kappa shape index (κ2) is 8.71. The lowest BCUT2D eigenvalue weighted by Gasteiger charge is -2.11. The van der Waals surface area contributed by atoms with E-state index in [1.54, 1.807) is 18.3 Å². The molecule has 0 saturated heterocycles. The Hall–Kier alpha value is -3.12. The Morgan fingerprint density at radius 2 is 1.77 bits per heavy atom. The van der Waals surface area contributed by atoms with E-state index < -0.39 is 0 Å². The second-order valence-corrected chi connectivity index (χ2v) is 7.85. The van der Waals surface area contributed by atoms with Crippen LogP contribution in [-0.2, 0) is 0 Å². The summed E-state index contributed by atoms with van der Waals surface area (Å²) in [6, 6.07) is 14.8. The van der Waals surface area contributed by atoms with Crippen molar-refractivity contribution >= 4 is 23.4 Å². The molecule has 2 amide bonds. The first-order valence-electron chi connectivity index (χ1n) is 10.0. The van der Waals surface area contributed by atoms with Crippen LogP contribution >= 0.6 is 11.6 Å². The SMILES string of the molecule is Cc1ccc(-n2ncc(C(=O)NCCNC(=O)c3ccccc3)c2C2CC2)cc1Cl. The Labute approximate surface area is 180 Å². The van der Waals surface area contributed by atoms with Crippen molar-refractivity contribution in [3.05, 3.63) is 82.1 Å². The molecule has 0 radical (unpaired) electrons. The number of hydrogen-bond donors (Lipinski definition) is 2. The minimum Gasteiger partial charge on any atom is -0.350 e. The van der Waals surface area contributed by atoms with Crippen molar-refractivity contribution in [3.63, 3.8) is 0 Å². The Morgan fingerprint density at radius 3 is 2.43 bits per heavy atom. The van der Waals surface area contributed by atoms with Gasteiger partial charge in [-0.1, -0.05) is 35.9 Å². The zero-order valence-electron chi connectivity index (χ0n) is 16.7. The Balaban J connectivity index is 1.41. The van der Waals surface area contributed by atoms with E-state index in [0.717, 1.165) is 29.8 Å². The van der Waals surface area contributed by atoms with Crippen LogP contribution in [0.2, 0.25) is 5.02 Å². The molecule has 0 aliphatic heterocycles. The van der Waals surface area contributed by atoms with Gasteiger partial charge in [-0.15, -0.1) is 0 Å². The number of nitrogens with one attached hydrogen (secondary N) is 2. The van der Waals surface area contributed by atoms with Crippen molar-refractivity contribution in [1.29, 1.82) is 0 Å². The third-order valence-electron chi connectivity index (χ3n) is 5.15. The summed E-state index contributed by atoms with van der Waals surface area (Å²) in [5, 5.41) is 10.8. The van der Waals surface area contributed by atoms with Gasteiger partial charge in [-0.05, 0) is 49.6 Å². The summed E-state index contributed by atoms with van der Waals surface area (Å²) < 4.78 is 1.81. The number of halogens is 1. The number of carbonyl (C=O) groups is 2. The van der Waals surface area contributed by atoms with E-state index in [0.29, 0.717) is 35.2 Å². The van der Waals surface area contributed by atoms with Crippen LogP contribution in [0.25, 0.3) is 5.69 Å². The zero-order chi connectivity index (χ0) is 21.1. The van der Waals surface area contributed by atoms with Gasteiger partial charge in [-0.25, -0.2) is 4.68 Å². The van der Waals surface area contributed by atoms with Gasteiger partial charge in [0.2, 0.25) is 0 Å². The lowest BCUT2D eigenvalue weighted by Crippen LogP contribution is -2.34. The van der Waals surface area contributed by atoms with E-state index in [4.69, 9.17) is 11.6 Å². The Morgan fingerprint density at radius 1 is 1.07 bits per heavy atom. The molecule has 1 aliphatic carbocycles. The topological polar surface area (TPSA) is 76.0 Å². The van der Waals surface area contributed by atoms with Crippen LogP contribution in [0.4, 0.5) is 0 Å². The molecule has 1 heterocycles. The molecule has 0 bridgehead atoms. The zero-order valence-corrected chi connectivity index (χ0v) is 17.4. The molecule has 30 heavy (non-hydrogen) atoms. The molecule has 0 unspecified atom stereocenters. The van der Waals surface area contributed by atoms with Gasteiger partial charge in [0, 0.05) is 29.6 Å². The molecule has 0 atom stereocenters. The van der Waals surface area contributed by atoms with Crippen LogP contribution in [0.15, 0.2) is 54.7 Å². The monoisotopic (exact) mass is 422 g/mol. The summed E-state index contributed by atoms with van der Waals surface area (Å²) >= 11 is 6.28. The van der Waals surface area contributed by atoms with E-state index in [2.05, 4.69) is 15.7 Å². The normalized spacial score (nSPS) is 13.1. The summed E-state index contributed by atoms with van der Waals surface area (Å²) in [4.78, 5) is 24.8. The maximum atomic E-state index is 12.8. The number of aromatic nitrogens is 2. The molecule has 4 rings (SSSR count). The van der Waals surface area contributed by atoms with Gasteiger partial charge < -0.3 is 10.6 Å². The highest BCUT2D eigenvalue weighted by molar-refractivity contribution is 6.31. The van der Waals surface area contributed by atoms with Crippen molar-refractivity contribution in [2.45, 2.75) is 25.7 Å². The largest absolute Gasteiger partial charge is 0.350 e. The predicted molar refractivity (Wildman–Crippen MR) is 116 cm³/mol. The van der Waals surface area contributed by atoms with Gasteiger partial charge in [0.15, 0.2) is 0 Å². The van der Waals surface area contributed by atoms with Gasteiger partial charge in [-0.3, -0.25) is 9.59 Å². The summed E-state index contributed by atoms with van der Waals surface area (Å²) in [6.07, 6.45) is 3.69. The highest BCUT2D eigenvalue weighted by atomic mass is 35.5. The molecule has 1 aromatic heterocycles. The minimum absolute atomic E-state index is 0.160. The molecule has 3 aromatic rings. The predicted octanol–water partition coefficient (Wildman–Crippen LogP) is 3.87. The van der Waals surface area contributed by atoms with Gasteiger partial charge in [0.1, 0.15) is 0 Å². The van der Waals surface area contributed by atoms with E-state index in [-0.39, 0.29) is 11.8 Å². The fourth-order valence-electron chi connectivity index (χ4n) is 3.34. The molecule has 1 fully saturated rings. The smallest absolute Gasteiger partial charge is 0.254 e. The van der Waals surface area contributed by atoms with Gasteiger partial charge in [0.25, 0.3) is 11.8 Å². The van der Waals surface area contributed by atoms with E-state index in [1.807, 2.05) is 48.0 Å². The summed E-state index contributed by atoms with van der Waals surface area (Å²) in [6.45, 7) is 2.63. The first kappa shape index (κ1) is 20.2. The van der Waals surface area contributed by atoms with Crippen LogP contribution in [0.5, 0.6) is 0 Å². The van der Waals surface area contributed by atoms with Gasteiger partial charge >= 0.3 is 0 Å². The second-order valence-electron chi connectivity index (χ2n) is 7.44. The summed E-state index contributed by atoms with van der Waals surface area (Å²) in [5.41, 5.74) is 3.93. The molecule has 7 heteroatoms. The van der Waals surface area contributed by atoms with Crippen LogP contribution in [-0.4, -0.2) is 34.7 Å². The lowest BCUT2D eigenvalue weighted by atomic mass is 10.1. The van der Waals surface area contributed by atoms with Crippen LogP contribution < -0.4 is 10.6 Å². The lowest BCUT2D eigenvalue weighted by molar-refractivity contribution is 0.0927. The maximum Gasteiger partial charge on any atom is 0.254 e. The molecule has 154 valence electrons. The summed E-state index contributed by atoms with van der Waals surface area (Å²) in [5.74, 6) is -0.0194. The molecule has 6 nitrogen and oxygen atoms in total. The van der Waals surface area contributed by atoms with Crippen molar-refractivity contribution in [2.24, 2.45) is 0 Å². The van der Waals surface area contributed by atoms with E-state index in [1.165, 1.54) is 0 Å². The van der Waals surface area contributed by atoms with Crippen molar-refractivity contribution < 1.29 is 9.59 Å². The molecular weight excluding hydrogens is 400 g/mol. The average Bonchev–Trinajstić information content (AvgIpc) is 3.51. The number of hydrogen-bond acceptors (Lipinski definition) is 3. The first-order valence-corrected chi connectivity index (χ1v) is 10.4. The molecule has 2 N–H and O–H groups in total. The third kappa shape index (κ3) is 4.39. The fourth-order valence-corrected chi connectivity index (χ4v) is 3.52. The fraction of sp³-hybridized carbons (Fsp3) is 0.261. The Kier molecular flexibility index (Phi) is 5.86. The molecular formula is C23H23ClN4O2. The number of rotatable bonds is 7. The highest BCUT2D eigenvalue weighted by Crippen LogP contribution is 2.42. The standard InChI is InChI=1S/C23H23ClN4O2/c1-15-7-10-18(13-20(15)24)28-21(16-8-9-16)19(14-27-28)23(30)26-12-11-25-22(29)17-5-3-2-4-6-17/h2-7,10,13-14,16H,8-9,11-12H2,1H3,(H,25,29)(H,26,30).